The summed E-state index contributed by atoms with van der Waals surface area (Å²) in [7, 11) is 2.94. The monoisotopic (exact) mass is 1400 g/mol. The fourth-order valence-electron chi connectivity index (χ4n) is 10.8. The zero-order valence-electron chi connectivity index (χ0n) is 51.5. The first-order chi connectivity index (χ1) is 45.7. The standard InChI is InChI=1S/C64H62N12O13S6/c1-30(2)38-21-44(77)49-31(3)94-60(74-49)40(22-47(78)65-4)68-54(81)42-27-90-56(70-42)37-19-20-39(58-72-46(29-93-58)76(24-32-11-13-34(14-12-32)62(83)84)64(87)89-36-17-15-35(16-18-36)63(85)86)67-50(37)41-26-91-59(69-41)43-28-92-61(71-43)52(53(80)33-9-7-6-8-10-33)73-48(79)23-66-55(82)51-45(25-88-5)95-57(38)75-51/h6-14,19-20,26-30,35-36,38,40,52-53,80H,15-18,21-25H2,1-5H3,(H,65,78)(H,66,82)(H,68,81)(H,73,79)(H,83,84)(H,85,86)/t35?,36?,38?,40-,52-,53-/m0/s1. The molecule has 31 heteroatoms. The lowest BCUT2D eigenvalue weighted by molar-refractivity contribution is -0.143. The molecule has 7 aromatic heterocycles. The predicted octanol–water partition coefficient (Wildman–Crippen LogP) is 10.7. The van der Waals surface area contributed by atoms with Crippen molar-refractivity contribution in [2.75, 3.05) is 25.6 Å². The number of pyridine rings is 1. The van der Waals surface area contributed by atoms with E-state index in [2.05, 4.69) is 21.3 Å². The number of methoxy groups -OCH3 is 1. The van der Waals surface area contributed by atoms with Gasteiger partial charge < -0.3 is 46.1 Å². The van der Waals surface area contributed by atoms with Gasteiger partial charge in [0.1, 0.15) is 83.3 Å². The Kier molecular flexibility index (Phi) is 21.1. The molecule has 5 amide bonds. The maximum absolute atomic E-state index is 14.5. The number of aryl methyl sites for hydroxylation is 1. The highest BCUT2D eigenvalue weighted by Crippen LogP contribution is 2.41. The Hall–Kier alpha value is -8.95. The number of aliphatic hydroxyl groups excluding tert-OH is 1. The van der Waals surface area contributed by atoms with Crippen LogP contribution in [0.15, 0.2) is 88.3 Å². The van der Waals surface area contributed by atoms with Crippen molar-refractivity contribution in [2.24, 2.45) is 11.8 Å². The van der Waals surface area contributed by atoms with Gasteiger partial charge in [0.2, 0.25) is 11.8 Å². The van der Waals surface area contributed by atoms with Crippen LogP contribution in [0.5, 0.6) is 0 Å². The number of nitrogens with one attached hydrogen (secondary N) is 4. The van der Waals surface area contributed by atoms with E-state index in [1.54, 1.807) is 83.0 Å². The molecule has 1 unspecified atom stereocenters. The first kappa shape index (κ1) is 67.5. The summed E-state index contributed by atoms with van der Waals surface area (Å²) in [6.07, 6.45) is -1.54. The van der Waals surface area contributed by atoms with E-state index in [1.807, 2.05) is 13.8 Å². The third-order valence-corrected chi connectivity index (χ3v) is 21.7. The molecule has 10 bridgehead atoms. The largest absolute Gasteiger partial charge is 0.481 e. The van der Waals surface area contributed by atoms with Crippen LogP contribution in [0.1, 0.15) is 154 Å². The second-order valence-electron chi connectivity index (χ2n) is 22.7. The van der Waals surface area contributed by atoms with Crippen LogP contribution in [0.2, 0.25) is 0 Å². The normalized spacial score (nSPS) is 18.2. The van der Waals surface area contributed by atoms with Crippen molar-refractivity contribution in [3.63, 3.8) is 0 Å². The zero-order chi connectivity index (χ0) is 67.2. The number of aliphatic carboxylic acids is 1. The molecular weight excluding hydrogens is 1340 g/mol. The van der Waals surface area contributed by atoms with Gasteiger partial charge >= 0.3 is 18.0 Å². The zero-order valence-corrected chi connectivity index (χ0v) is 56.4. The number of rotatable bonds is 14. The van der Waals surface area contributed by atoms with Gasteiger partial charge in [-0.2, -0.15) is 0 Å². The second kappa shape index (κ2) is 29.8. The number of anilines is 1. The molecule has 1 aliphatic carbocycles. The van der Waals surface area contributed by atoms with E-state index >= 15 is 0 Å². The van der Waals surface area contributed by atoms with E-state index in [0.717, 1.165) is 22.7 Å². The number of carbonyl (C=O) groups excluding carboxylic acids is 6. The van der Waals surface area contributed by atoms with Gasteiger partial charge in [-0.1, -0.05) is 56.3 Å². The number of carboxylic acids is 2. The maximum Gasteiger partial charge on any atom is 0.416 e. The van der Waals surface area contributed by atoms with Gasteiger partial charge in [0.15, 0.2) is 5.78 Å². The lowest BCUT2D eigenvalue weighted by atomic mass is 9.87. The Bertz CT molecular complexity index is 4340. The minimum Gasteiger partial charge on any atom is -0.481 e. The van der Waals surface area contributed by atoms with Crippen LogP contribution in [0, 0.1) is 18.8 Å². The fraction of sp³-hybridized carbons (Fsp3) is 0.328. The highest BCUT2D eigenvalue weighted by molar-refractivity contribution is 7.15. The number of hydrogen-bond donors (Lipinski definition) is 7. The summed E-state index contributed by atoms with van der Waals surface area (Å²) in [5.74, 6) is -5.72. The van der Waals surface area contributed by atoms with Gasteiger partial charge in [-0.25, -0.2) is 44.5 Å². The van der Waals surface area contributed by atoms with Gasteiger partial charge in [0.25, 0.3) is 11.8 Å². The number of carboxylic acid groups (broad SMARTS) is 2. The van der Waals surface area contributed by atoms with Crippen LogP contribution < -0.4 is 26.2 Å². The Morgan fingerprint density at radius 3 is 2.12 bits per heavy atom. The highest BCUT2D eigenvalue weighted by atomic mass is 32.1. The number of hydrogen-bond acceptors (Lipinski definition) is 24. The molecule has 0 saturated heterocycles. The van der Waals surface area contributed by atoms with E-state index in [1.165, 1.54) is 76.5 Å². The van der Waals surface area contributed by atoms with Crippen molar-refractivity contribution in [3.8, 4) is 43.4 Å². The number of thiazole rings is 6. The van der Waals surface area contributed by atoms with E-state index in [4.69, 9.17) is 44.4 Å². The van der Waals surface area contributed by atoms with Gasteiger partial charge in [-0.3, -0.25) is 33.7 Å². The maximum atomic E-state index is 14.5. The summed E-state index contributed by atoms with van der Waals surface area (Å²) >= 11 is 7.11. The molecule has 492 valence electrons. The molecule has 1 aliphatic heterocycles. The first-order valence-electron chi connectivity index (χ1n) is 29.9. The molecule has 11 rings (SSSR count). The van der Waals surface area contributed by atoms with Crippen molar-refractivity contribution in [3.05, 3.63) is 147 Å². The van der Waals surface area contributed by atoms with Crippen molar-refractivity contribution in [2.45, 2.75) is 103 Å². The molecule has 0 spiro atoms. The molecule has 8 heterocycles. The van der Waals surface area contributed by atoms with Crippen molar-refractivity contribution >= 4 is 121 Å². The van der Waals surface area contributed by atoms with Crippen LogP contribution in [0.25, 0.3) is 43.4 Å². The molecule has 0 radical (unpaired) electrons. The summed E-state index contributed by atoms with van der Waals surface area (Å²) in [4.78, 5) is 145. The van der Waals surface area contributed by atoms with Crippen molar-refractivity contribution < 1.29 is 63.1 Å². The number of aromatic carboxylic acids is 1. The van der Waals surface area contributed by atoms with Crippen molar-refractivity contribution in [1.82, 2.24) is 56.2 Å². The third kappa shape index (κ3) is 15.6. The van der Waals surface area contributed by atoms with Crippen LogP contribution in [0.4, 0.5) is 10.6 Å². The smallest absolute Gasteiger partial charge is 0.416 e. The summed E-state index contributed by atoms with van der Waals surface area (Å²) in [5, 5.41) is 51.3. The van der Waals surface area contributed by atoms with Gasteiger partial charge in [-0.15, -0.1) is 68.0 Å². The molecule has 9 aromatic rings. The lowest BCUT2D eigenvalue weighted by Crippen LogP contribution is -2.40. The number of aromatic nitrogens is 7. The van der Waals surface area contributed by atoms with Crippen LogP contribution in [-0.2, 0) is 37.0 Å². The molecule has 1 fully saturated rings. The average Bonchev–Trinajstić information content (AvgIpc) is 1.72. The second-order valence-corrected chi connectivity index (χ2v) is 28.5. The third-order valence-electron chi connectivity index (χ3n) is 15.9. The van der Waals surface area contributed by atoms with Gasteiger partial charge in [0, 0.05) is 58.5 Å². The summed E-state index contributed by atoms with van der Waals surface area (Å²) in [6, 6.07) is 16.1. The van der Waals surface area contributed by atoms with Crippen LogP contribution in [0.3, 0.4) is 0 Å². The lowest BCUT2D eigenvalue weighted by Gasteiger charge is -2.28. The number of ether oxygens (including phenoxy) is 2. The fourth-order valence-corrected chi connectivity index (χ4v) is 16.4. The number of nitrogens with zero attached hydrogens (tertiary/aromatic N) is 8. The van der Waals surface area contributed by atoms with E-state index in [-0.39, 0.29) is 66.2 Å². The number of ketones is 1. The number of aliphatic hydroxyl groups is 1. The molecule has 2 aromatic carbocycles. The first-order valence-corrected chi connectivity index (χ1v) is 35.1. The van der Waals surface area contributed by atoms with E-state index in [0.29, 0.717) is 105 Å². The number of amides is 5. The molecule has 4 atom stereocenters. The Morgan fingerprint density at radius 1 is 0.705 bits per heavy atom. The summed E-state index contributed by atoms with van der Waals surface area (Å²) in [5.41, 5.74) is 3.11. The van der Waals surface area contributed by atoms with E-state index in [9.17, 15) is 53.7 Å². The SMILES string of the molecule is CNC(=O)C[C@@H]1NC(=O)c2csc(n2)-c2ccc(-c3nc(N(Cc4ccc(C(=O)O)cc4)C(=O)OC4CCC(C(=O)O)CC4)cs3)nc2-c2csc(n2)-c2csc(n2)[C@H]([C@@H](O)c2ccccc2)NC(=O)CNC(=O)c2nc(sc2COC)C(C(C)C)CC(=O)c2nc1sc2C. The molecular formula is C64H62N12O13S6. The summed E-state index contributed by atoms with van der Waals surface area (Å²) < 4.78 is 11.5. The van der Waals surface area contributed by atoms with E-state index < -0.39 is 84.3 Å². The quantitative estimate of drug-likeness (QED) is 0.0532. The summed E-state index contributed by atoms with van der Waals surface area (Å²) in [6.45, 7) is 5.02. The minimum absolute atomic E-state index is 0.00281. The minimum atomic E-state index is -1.31. The highest BCUT2D eigenvalue weighted by Gasteiger charge is 2.35. The predicted molar refractivity (Wildman–Crippen MR) is 358 cm³/mol. The Morgan fingerprint density at radius 2 is 1.40 bits per heavy atom. The Balaban J connectivity index is 0.980. The molecule has 25 nitrogen and oxygen atoms in total. The Labute approximate surface area is 567 Å². The van der Waals surface area contributed by atoms with Crippen LogP contribution in [-0.4, -0.2) is 124 Å². The number of fused-ring (bicyclic) bond motifs is 14. The number of Topliss-reactive ketones (excluding diaryl/α,β-unsaturated/α-hetero) is 1. The van der Waals surface area contributed by atoms with Gasteiger partial charge in [0.05, 0.1) is 59.2 Å². The molecule has 95 heavy (non-hydrogen) atoms. The number of benzene rings is 2. The topological polar surface area (TPSA) is 357 Å². The molecule has 1 saturated carbocycles. The van der Waals surface area contributed by atoms with Crippen LogP contribution >= 0.6 is 68.0 Å². The molecule has 7 N–H and O–H groups in total. The van der Waals surface area contributed by atoms with Crippen molar-refractivity contribution in [1.29, 1.82) is 0 Å². The van der Waals surface area contributed by atoms with Gasteiger partial charge in [-0.05, 0) is 73.9 Å². The number of carbonyl (C=O) groups is 8. The average molecular weight is 1400 g/mol. The molecule has 2 aliphatic rings.